The SMILES string of the molecule is C1COOC1.C=C. The summed E-state index contributed by atoms with van der Waals surface area (Å²) in [7, 11) is 0. The predicted molar refractivity (Wildman–Crippen MR) is 27.8 cm³/mol. The fourth-order valence-corrected chi connectivity index (χ4v) is 0.295. The zero-order chi connectivity index (χ0) is 5.54. The van der Waals surface area contributed by atoms with E-state index in [2.05, 4.69) is 22.9 Å². The number of rotatable bonds is 0. The summed E-state index contributed by atoms with van der Waals surface area (Å²) in [6.45, 7) is 7.56. The third kappa shape index (κ3) is 3.49. The molecule has 0 amide bonds. The molecular formula is C5H10O2. The van der Waals surface area contributed by atoms with Gasteiger partial charge in [0, 0.05) is 6.42 Å². The van der Waals surface area contributed by atoms with Crippen molar-refractivity contribution in [1.29, 1.82) is 0 Å². The van der Waals surface area contributed by atoms with Crippen LogP contribution in [0, 0.1) is 0 Å². The van der Waals surface area contributed by atoms with Crippen LogP contribution >= 0.6 is 0 Å². The van der Waals surface area contributed by atoms with Crippen LogP contribution in [0.25, 0.3) is 0 Å². The first-order valence-electron chi connectivity index (χ1n) is 2.24. The van der Waals surface area contributed by atoms with Gasteiger partial charge in [0.2, 0.25) is 0 Å². The lowest BCUT2D eigenvalue weighted by molar-refractivity contribution is -0.248. The molecule has 7 heavy (non-hydrogen) atoms. The third-order valence-corrected chi connectivity index (χ3v) is 0.539. The maximum absolute atomic E-state index is 4.44. The van der Waals surface area contributed by atoms with Crippen molar-refractivity contribution >= 4 is 0 Å². The first-order valence-corrected chi connectivity index (χ1v) is 2.24. The molecule has 1 saturated heterocycles. The van der Waals surface area contributed by atoms with Gasteiger partial charge in [0.05, 0.1) is 13.2 Å². The Hall–Kier alpha value is -0.340. The molecule has 0 N–H and O–H groups in total. The van der Waals surface area contributed by atoms with E-state index >= 15 is 0 Å². The summed E-state index contributed by atoms with van der Waals surface area (Å²) < 4.78 is 0. The van der Waals surface area contributed by atoms with Crippen molar-refractivity contribution in [2.75, 3.05) is 13.2 Å². The van der Waals surface area contributed by atoms with Crippen molar-refractivity contribution in [3.05, 3.63) is 13.2 Å². The van der Waals surface area contributed by atoms with E-state index in [1.165, 1.54) is 0 Å². The smallest absolute Gasteiger partial charge is 0.0845 e. The maximum atomic E-state index is 4.44. The Kier molecular flexibility index (Phi) is 5.39. The Balaban J connectivity index is 0.000000162. The molecule has 0 unspecified atom stereocenters. The topological polar surface area (TPSA) is 18.5 Å². The average molecular weight is 102 g/mol. The minimum atomic E-state index is 0.778. The molecule has 0 radical (unpaired) electrons. The highest BCUT2D eigenvalue weighted by Crippen LogP contribution is 1.93. The van der Waals surface area contributed by atoms with E-state index in [0.717, 1.165) is 19.6 Å². The third-order valence-electron chi connectivity index (χ3n) is 0.539. The quantitative estimate of drug-likeness (QED) is 0.337. The standard InChI is InChI=1S/C3H6O2.C2H4/c1-2-4-5-3-1;1-2/h1-3H2;1-2H2. The van der Waals surface area contributed by atoms with Crippen molar-refractivity contribution in [2.24, 2.45) is 0 Å². The molecule has 1 aliphatic heterocycles. The van der Waals surface area contributed by atoms with E-state index < -0.39 is 0 Å². The van der Waals surface area contributed by atoms with Crippen molar-refractivity contribution in [2.45, 2.75) is 6.42 Å². The summed E-state index contributed by atoms with van der Waals surface area (Å²) in [5.41, 5.74) is 0. The van der Waals surface area contributed by atoms with Gasteiger partial charge in [-0.2, -0.15) is 0 Å². The van der Waals surface area contributed by atoms with Crippen LogP contribution in [0.5, 0.6) is 0 Å². The second-order valence-corrected chi connectivity index (χ2v) is 0.998. The summed E-state index contributed by atoms with van der Waals surface area (Å²) in [5.74, 6) is 0. The Morgan fingerprint density at radius 3 is 1.57 bits per heavy atom. The number of hydrogen-bond acceptors (Lipinski definition) is 2. The molecule has 0 aromatic rings. The highest BCUT2D eigenvalue weighted by Gasteiger charge is 1.95. The van der Waals surface area contributed by atoms with Gasteiger partial charge in [-0.05, 0) is 0 Å². The van der Waals surface area contributed by atoms with Gasteiger partial charge in [0.1, 0.15) is 0 Å². The summed E-state index contributed by atoms with van der Waals surface area (Å²) in [6, 6.07) is 0. The molecule has 1 rings (SSSR count). The Morgan fingerprint density at radius 2 is 1.43 bits per heavy atom. The van der Waals surface area contributed by atoms with Crippen LogP contribution in [0.1, 0.15) is 6.42 Å². The molecule has 1 aliphatic rings. The van der Waals surface area contributed by atoms with E-state index in [1.54, 1.807) is 0 Å². The van der Waals surface area contributed by atoms with E-state index in [4.69, 9.17) is 0 Å². The van der Waals surface area contributed by atoms with Crippen molar-refractivity contribution < 1.29 is 9.78 Å². The minimum absolute atomic E-state index is 0.778. The maximum Gasteiger partial charge on any atom is 0.0845 e. The molecule has 0 aliphatic carbocycles. The fourth-order valence-electron chi connectivity index (χ4n) is 0.295. The molecule has 0 aromatic carbocycles. The van der Waals surface area contributed by atoms with Crippen molar-refractivity contribution in [3.8, 4) is 0 Å². The van der Waals surface area contributed by atoms with Gasteiger partial charge in [-0.3, -0.25) is 0 Å². The molecule has 1 fully saturated rings. The van der Waals surface area contributed by atoms with Crippen LogP contribution in [-0.2, 0) is 9.78 Å². The molecule has 2 nitrogen and oxygen atoms in total. The molecule has 0 spiro atoms. The van der Waals surface area contributed by atoms with Crippen LogP contribution in [0.3, 0.4) is 0 Å². The van der Waals surface area contributed by atoms with Gasteiger partial charge < -0.3 is 0 Å². The lowest BCUT2D eigenvalue weighted by atomic mass is 10.5. The monoisotopic (exact) mass is 102 g/mol. The zero-order valence-corrected chi connectivity index (χ0v) is 4.35. The second-order valence-electron chi connectivity index (χ2n) is 0.998. The second kappa shape index (κ2) is 5.66. The summed E-state index contributed by atoms with van der Waals surface area (Å²) >= 11 is 0. The van der Waals surface area contributed by atoms with Crippen LogP contribution in [0.15, 0.2) is 13.2 Å². The van der Waals surface area contributed by atoms with Gasteiger partial charge in [0.15, 0.2) is 0 Å². The fraction of sp³-hybridized carbons (Fsp3) is 0.600. The Labute approximate surface area is 43.7 Å². The highest BCUT2D eigenvalue weighted by molar-refractivity contribution is 4.31. The van der Waals surface area contributed by atoms with Gasteiger partial charge in [-0.1, -0.05) is 0 Å². The van der Waals surface area contributed by atoms with E-state index in [-0.39, 0.29) is 0 Å². The summed E-state index contributed by atoms with van der Waals surface area (Å²) in [4.78, 5) is 8.89. The summed E-state index contributed by atoms with van der Waals surface area (Å²) in [5, 5.41) is 0. The molecule has 0 aromatic heterocycles. The van der Waals surface area contributed by atoms with Gasteiger partial charge in [-0.25, -0.2) is 9.78 Å². The normalized spacial score (nSPS) is 17.7. The molecule has 0 saturated carbocycles. The van der Waals surface area contributed by atoms with Crippen molar-refractivity contribution in [3.63, 3.8) is 0 Å². The van der Waals surface area contributed by atoms with Crippen LogP contribution in [0.2, 0.25) is 0 Å². The first kappa shape index (κ1) is 6.66. The lowest BCUT2D eigenvalue weighted by Crippen LogP contribution is -1.72. The van der Waals surface area contributed by atoms with Crippen LogP contribution in [-0.4, -0.2) is 13.2 Å². The zero-order valence-electron chi connectivity index (χ0n) is 4.35. The largest absolute Gasteiger partial charge is 0.237 e. The van der Waals surface area contributed by atoms with Gasteiger partial charge >= 0.3 is 0 Å². The van der Waals surface area contributed by atoms with Gasteiger partial charge in [0.25, 0.3) is 0 Å². The van der Waals surface area contributed by atoms with E-state index in [9.17, 15) is 0 Å². The molecule has 42 valence electrons. The molecule has 0 atom stereocenters. The average Bonchev–Trinajstić information content (AvgIpc) is 2.23. The Bertz CT molecular complexity index is 25.5. The summed E-state index contributed by atoms with van der Waals surface area (Å²) in [6.07, 6.45) is 1.06. The highest BCUT2D eigenvalue weighted by atomic mass is 17.2. The Morgan fingerprint density at radius 1 is 1.00 bits per heavy atom. The minimum Gasteiger partial charge on any atom is -0.237 e. The van der Waals surface area contributed by atoms with Crippen LogP contribution in [0.4, 0.5) is 0 Å². The van der Waals surface area contributed by atoms with Crippen LogP contribution < -0.4 is 0 Å². The first-order chi connectivity index (χ1) is 3.50. The van der Waals surface area contributed by atoms with E-state index in [0.29, 0.717) is 0 Å². The molecular weight excluding hydrogens is 92.1 g/mol. The number of hydrogen-bond donors (Lipinski definition) is 0. The predicted octanol–water partition coefficient (Wildman–Crippen LogP) is 1.14. The van der Waals surface area contributed by atoms with Gasteiger partial charge in [-0.15, -0.1) is 13.2 Å². The molecule has 0 bridgehead atoms. The molecule has 1 heterocycles. The van der Waals surface area contributed by atoms with Crippen molar-refractivity contribution in [1.82, 2.24) is 0 Å². The van der Waals surface area contributed by atoms with E-state index in [1.807, 2.05) is 0 Å². The lowest BCUT2D eigenvalue weighted by Gasteiger charge is -1.77. The molecule has 2 heteroatoms.